The Morgan fingerprint density at radius 1 is 1.07 bits per heavy atom. The van der Waals surface area contributed by atoms with Crippen LogP contribution < -0.4 is 5.73 Å². The summed E-state index contributed by atoms with van der Waals surface area (Å²) in [5.41, 5.74) is 1.55. The second-order valence-corrected chi connectivity index (χ2v) is 10.5. The van der Waals surface area contributed by atoms with E-state index in [-0.39, 0.29) is 22.3 Å². The van der Waals surface area contributed by atoms with Crippen molar-refractivity contribution in [2.45, 2.75) is 17.7 Å². The summed E-state index contributed by atoms with van der Waals surface area (Å²) in [6.45, 7) is 0. The van der Waals surface area contributed by atoms with Crippen molar-refractivity contribution in [1.82, 2.24) is 4.90 Å². The third-order valence-electron chi connectivity index (χ3n) is 8.15. The van der Waals surface area contributed by atoms with Crippen molar-refractivity contribution < 1.29 is 48.1 Å². The molecule has 3 aliphatic rings. The van der Waals surface area contributed by atoms with Crippen LogP contribution in [0.1, 0.15) is 21.5 Å². The van der Waals surface area contributed by atoms with Gasteiger partial charge in [-0.05, 0) is 49.5 Å². The van der Waals surface area contributed by atoms with Gasteiger partial charge in [-0.15, -0.1) is 0 Å². The number of rotatable bonds is 3. The minimum absolute atomic E-state index is 0.0251. The monoisotopic (exact) mass is 554 g/mol. The number of carbonyl (C=O) groups excluding carboxylic acids is 5. The van der Waals surface area contributed by atoms with E-state index in [1.165, 1.54) is 37.2 Å². The number of hydrogen-bond acceptors (Lipinski definition) is 9. The van der Waals surface area contributed by atoms with E-state index in [1.54, 1.807) is 0 Å². The Labute approximate surface area is 225 Å². The molecule has 12 heteroatoms. The molecule has 7 atom stereocenters. The van der Waals surface area contributed by atoms with Gasteiger partial charge in [-0.3, -0.25) is 28.9 Å². The number of primary amides is 1. The van der Waals surface area contributed by atoms with E-state index in [0.717, 1.165) is 18.2 Å². The Hall–Kier alpha value is -4.13. The third kappa shape index (κ3) is 3.60. The van der Waals surface area contributed by atoms with Gasteiger partial charge in [0, 0.05) is 17.5 Å². The number of halogens is 2. The molecular weight excluding hydrogens is 530 g/mol. The van der Waals surface area contributed by atoms with Crippen LogP contribution in [-0.4, -0.2) is 81.1 Å². The quantitative estimate of drug-likeness (QED) is 0.384. The van der Waals surface area contributed by atoms with Crippen LogP contribution in [0.3, 0.4) is 0 Å². The van der Waals surface area contributed by atoms with Gasteiger partial charge in [-0.25, -0.2) is 8.78 Å². The first-order valence-electron chi connectivity index (χ1n) is 12.2. The van der Waals surface area contributed by atoms with Crippen molar-refractivity contribution in [1.29, 1.82) is 0 Å². The van der Waals surface area contributed by atoms with Gasteiger partial charge in [0.2, 0.25) is 5.91 Å². The summed E-state index contributed by atoms with van der Waals surface area (Å²) in [6.07, 6.45) is -0.780. The zero-order chi connectivity index (χ0) is 29.4. The Morgan fingerprint density at radius 3 is 2.35 bits per heavy atom. The number of nitrogens with two attached hydrogens (primary N) is 1. The molecule has 2 aromatic rings. The van der Waals surface area contributed by atoms with Gasteiger partial charge in [0.05, 0.1) is 29.5 Å². The van der Waals surface area contributed by atoms with Crippen molar-refractivity contribution in [3.8, 4) is 5.75 Å². The Morgan fingerprint density at radius 2 is 1.75 bits per heavy atom. The van der Waals surface area contributed by atoms with Crippen LogP contribution in [0.15, 0.2) is 36.4 Å². The number of ketones is 4. The topological polar surface area (TPSA) is 175 Å². The van der Waals surface area contributed by atoms with E-state index in [1.807, 2.05) is 0 Å². The second-order valence-electron chi connectivity index (χ2n) is 10.5. The number of nitrogens with zero attached hydrogens (tertiary/aromatic N) is 1. The number of phenols is 1. The predicted molar refractivity (Wildman–Crippen MR) is 133 cm³/mol. The number of amides is 1. The second kappa shape index (κ2) is 9.22. The van der Waals surface area contributed by atoms with Crippen molar-refractivity contribution in [3.05, 3.63) is 64.7 Å². The molecule has 0 saturated heterocycles. The maximum absolute atomic E-state index is 14.7. The van der Waals surface area contributed by atoms with Crippen LogP contribution in [0.25, 0.3) is 11.6 Å². The maximum atomic E-state index is 14.7. The fourth-order valence-electron chi connectivity index (χ4n) is 6.46. The molecule has 40 heavy (non-hydrogen) atoms. The molecule has 2 fully saturated rings. The van der Waals surface area contributed by atoms with Crippen molar-refractivity contribution in [2.24, 2.45) is 29.4 Å². The van der Waals surface area contributed by atoms with Crippen LogP contribution in [0.5, 0.6) is 5.75 Å². The van der Waals surface area contributed by atoms with E-state index in [0.29, 0.717) is 6.07 Å². The fourth-order valence-corrected chi connectivity index (χ4v) is 6.46. The fraction of sp³-hybridized carbons (Fsp3) is 0.321. The van der Waals surface area contributed by atoms with E-state index in [4.69, 9.17) is 5.73 Å². The highest BCUT2D eigenvalue weighted by Gasteiger charge is 2.72. The predicted octanol–water partition coefficient (Wildman–Crippen LogP) is 0.114. The number of aliphatic hydroxyl groups is 2. The SMILES string of the molecule is CN(C)C1C(=O)C(C(N)=O)C(=O)C2(O)C(=O)C3C(=O)c4c(O)cccc4C(=Cc4ccc(F)cc4F)C3C(O)C12. The molecule has 0 spiro atoms. The molecule has 0 aliphatic heterocycles. The summed E-state index contributed by atoms with van der Waals surface area (Å²) >= 11 is 0. The van der Waals surface area contributed by atoms with Crippen LogP contribution in [0.2, 0.25) is 0 Å². The van der Waals surface area contributed by atoms with E-state index in [2.05, 4.69) is 0 Å². The number of phenolic OH excluding ortho intramolecular Hbond substituents is 1. The number of carbonyl (C=O) groups is 5. The normalized spacial score (nSPS) is 32.6. The molecular formula is C28H24F2N2O8. The zero-order valence-corrected chi connectivity index (χ0v) is 21.2. The largest absolute Gasteiger partial charge is 0.507 e. The lowest BCUT2D eigenvalue weighted by molar-refractivity contribution is -0.192. The number of hydrogen-bond donors (Lipinski definition) is 4. The molecule has 1 amide bonds. The summed E-state index contributed by atoms with van der Waals surface area (Å²) in [4.78, 5) is 67.8. The number of Topliss-reactive ketones (excluding diaryl/α,β-unsaturated/α-hetero) is 4. The number of likely N-dealkylation sites (N-methyl/N-ethyl adjacent to an activating group) is 1. The standard InChI is InChI=1S/C28H24F2N2O8/c1-32(2)21-20-23(35)17-13(8-10-6-7-11(29)9-14(10)30)12-4-3-5-15(33)16(12)22(34)18(17)25(37)28(20,40)26(38)19(24(21)36)27(31)39/h3-9,17-21,23,33,35,40H,1-2H3,(H2,31,39). The molecule has 0 bridgehead atoms. The van der Waals surface area contributed by atoms with Gasteiger partial charge in [0.1, 0.15) is 17.4 Å². The molecule has 5 N–H and O–H groups in total. The molecule has 10 nitrogen and oxygen atoms in total. The molecule has 7 unspecified atom stereocenters. The molecule has 2 saturated carbocycles. The first-order chi connectivity index (χ1) is 18.7. The van der Waals surface area contributed by atoms with Crippen LogP contribution in [0.4, 0.5) is 8.78 Å². The smallest absolute Gasteiger partial charge is 0.235 e. The lowest BCUT2D eigenvalue weighted by Gasteiger charge is -2.55. The lowest BCUT2D eigenvalue weighted by Crippen LogP contribution is -2.77. The van der Waals surface area contributed by atoms with Crippen molar-refractivity contribution >= 4 is 40.7 Å². The molecule has 3 aliphatic carbocycles. The molecule has 208 valence electrons. The van der Waals surface area contributed by atoms with Gasteiger partial charge < -0.3 is 21.1 Å². The summed E-state index contributed by atoms with van der Waals surface area (Å²) < 4.78 is 28.4. The molecule has 0 radical (unpaired) electrons. The Bertz CT molecular complexity index is 1550. The van der Waals surface area contributed by atoms with E-state index >= 15 is 0 Å². The number of aromatic hydroxyl groups is 1. The first-order valence-corrected chi connectivity index (χ1v) is 12.2. The first kappa shape index (κ1) is 27.4. The minimum Gasteiger partial charge on any atom is -0.507 e. The summed E-state index contributed by atoms with van der Waals surface area (Å²) in [5, 5.41) is 34.0. The summed E-state index contributed by atoms with van der Waals surface area (Å²) in [5.74, 6) is -16.4. The number of fused-ring (bicyclic) bond motifs is 3. The molecule has 5 rings (SSSR count). The van der Waals surface area contributed by atoms with E-state index in [9.17, 15) is 48.1 Å². The van der Waals surface area contributed by atoms with Crippen LogP contribution in [0, 0.1) is 35.3 Å². The van der Waals surface area contributed by atoms with Gasteiger partial charge in [0.25, 0.3) is 0 Å². The minimum atomic E-state index is -3.17. The van der Waals surface area contributed by atoms with Crippen molar-refractivity contribution in [3.63, 3.8) is 0 Å². The van der Waals surface area contributed by atoms with E-state index < -0.39 is 87.8 Å². The Balaban J connectivity index is 1.81. The third-order valence-corrected chi connectivity index (χ3v) is 8.15. The van der Waals surface area contributed by atoms with Gasteiger partial charge in [-0.1, -0.05) is 12.1 Å². The van der Waals surface area contributed by atoms with Crippen LogP contribution >= 0.6 is 0 Å². The van der Waals surface area contributed by atoms with Crippen molar-refractivity contribution in [2.75, 3.05) is 14.1 Å². The number of aliphatic hydroxyl groups excluding tert-OH is 1. The highest BCUT2D eigenvalue weighted by molar-refractivity contribution is 6.33. The highest BCUT2D eigenvalue weighted by atomic mass is 19.1. The molecule has 0 aromatic heterocycles. The van der Waals surface area contributed by atoms with Crippen LogP contribution in [-0.2, 0) is 19.2 Å². The molecule has 2 aromatic carbocycles. The average molecular weight is 555 g/mol. The molecule has 0 heterocycles. The van der Waals surface area contributed by atoms with Gasteiger partial charge in [0.15, 0.2) is 34.7 Å². The maximum Gasteiger partial charge on any atom is 0.235 e. The highest BCUT2D eigenvalue weighted by Crippen LogP contribution is 2.54. The lowest BCUT2D eigenvalue weighted by atomic mass is 9.50. The average Bonchev–Trinajstić information content (AvgIpc) is 2.86. The van der Waals surface area contributed by atoms with Gasteiger partial charge in [-0.2, -0.15) is 0 Å². The zero-order valence-electron chi connectivity index (χ0n) is 21.2. The number of benzene rings is 2. The van der Waals surface area contributed by atoms with Gasteiger partial charge >= 0.3 is 0 Å². The Kier molecular flexibility index (Phi) is 6.32. The summed E-state index contributed by atoms with van der Waals surface area (Å²) in [6, 6.07) is 5.01. The summed E-state index contributed by atoms with van der Waals surface area (Å²) in [7, 11) is 2.73.